The second-order valence-corrected chi connectivity index (χ2v) is 4.86. The van der Waals surface area contributed by atoms with Gasteiger partial charge >= 0.3 is 0 Å². The first-order valence-electron chi connectivity index (χ1n) is 4.31. The van der Waals surface area contributed by atoms with E-state index >= 15 is 0 Å². The molecule has 0 saturated heterocycles. The van der Waals surface area contributed by atoms with Crippen molar-refractivity contribution in [3.63, 3.8) is 0 Å². The monoisotopic (exact) mass is 263 g/mol. The molecule has 0 amide bonds. The average molecular weight is 264 g/mol. The first-order chi connectivity index (χ1) is 6.20. The highest BCUT2D eigenvalue weighted by molar-refractivity contribution is 9.10. The maximum atomic E-state index is 9.02. The third kappa shape index (κ3) is 4.22. The van der Waals surface area contributed by atoms with Gasteiger partial charge in [-0.1, -0.05) is 0 Å². The normalized spacial score (nSPS) is 13.2. The molecular weight excluding hydrogens is 250 g/mol. The molecule has 0 aliphatic heterocycles. The van der Waals surface area contributed by atoms with Gasteiger partial charge in [-0.3, -0.25) is 0 Å². The molecule has 1 rings (SSSR count). The van der Waals surface area contributed by atoms with Gasteiger partial charge in [0.25, 0.3) is 0 Å². The average Bonchev–Trinajstić information content (AvgIpc) is 2.45. The van der Waals surface area contributed by atoms with Crippen molar-refractivity contribution < 1.29 is 5.11 Å². The van der Waals surface area contributed by atoms with Crippen LogP contribution in [0.1, 0.15) is 18.2 Å². The van der Waals surface area contributed by atoms with E-state index in [1.54, 1.807) is 11.3 Å². The van der Waals surface area contributed by atoms with Crippen molar-refractivity contribution in [1.29, 1.82) is 0 Å². The van der Waals surface area contributed by atoms with Gasteiger partial charge in [0.2, 0.25) is 0 Å². The molecule has 0 saturated carbocycles. The van der Waals surface area contributed by atoms with E-state index < -0.39 is 0 Å². The number of aliphatic hydroxyl groups is 1. The van der Waals surface area contributed by atoms with Crippen LogP contribution in [-0.4, -0.2) is 17.8 Å². The smallest absolute Gasteiger partial charge is 0.0524 e. The zero-order valence-electron chi connectivity index (χ0n) is 7.59. The van der Waals surface area contributed by atoms with Crippen molar-refractivity contribution >= 4 is 27.3 Å². The Morgan fingerprint density at radius 2 is 2.46 bits per heavy atom. The Hall–Kier alpha value is 0.100. The highest BCUT2D eigenvalue weighted by Crippen LogP contribution is 2.21. The van der Waals surface area contributed by atoms with Crippen LogP contribution in [0.3, 0.4) is 0 Å². The fourth-order valence-electron chi connectivity index (χ4n) is 0.964. The van der Waals surface area contributed by atoms with Crippen LogP contribution < -0.4 is 5.32 Å². The Labute approximate surface area is 91.1 Å². The summed E-state index contributed by atoms with van der Waals surface area (Å²) in [6.45, 7) is 3.55. The molecule has 0 spiro atoms. The standard InChI is InChI=1S/C9H14BrNOS/c1-7(12)2-4-11-6-9-8(10)3-5-13-9/h3,5,7,11-12H,2,4,6H2,1H3/t7-/m1/s1. The van der Waals surface area contributed by atoms with Gasteiger partial charge in [0.05, 0.1) is 6.10 Å². The van der Waals surface area contributed by atoms with Crippen LogP contribution in [0.15, 0.2) is 15.9 Å². The fraction of sp³-hybridized carbons (Fsp3) is 0.556. The molecule has 13 heavy (non-hydrogen) atoms. The Morgan fingerprint density at radius 3 is 3.00 bits per heavy atom. The molecule has 2 nitrogen and oxygen atoms in total. The lowest BCUT2D eigenvalue weighted by atomic mass is 10.3. The van der Waals surface area contributed by atoms with Gasteiger partial charge < -0.3 is 10.4 Å². The third-order valence-electron chi connectivity index (χ3n) is 1.72. The first-order valence-corrected chi connectivity index (χ1v) is 5.98. The zero-order valence-corrected chi connectivity index (χ0v) is 9.99. The van der Waals surface area contributed by atoms with E-state index in [0.717, 1.165) is 19.5 Å². The summed E-state index contributed by atoms with van der Waals surface area (Å²) in [7, 11) is 0. The van der Waals surface area contributed by atoms with Crippen molar-refractivity contribution in [3.05, 3.63) is 20.8 Å². The minimum Gasteiger partial charge on any atom is -0.393 e. The van der Waals surface area contributed by atoms with Gasteiger partial charge in [0.15, 0.2) is 0 Å². The van der Waals surface area contributed by atoms with Crippen molar-refractivity contribution in [2.45, 2.75) is 26.0 Å². The molecule has 0 bridgehead atoms. The molecule has 0 radical (unpaired) electrons. The topological polar surface area (TPSA) is 32.3 Å². The second kappa shape index (κ2) is 5.75. The fourth-order valence-corrected chi connectivity index (χ4v) is 2.43. The van der Waals surface area contributed by atoms with Gasteiger partial charge in [-0.05, 0) is 47.3 Å². The summed E-state index contributed by atoms with van der Waals surface area (Å²) in [5, 5.41) is 14.4. The molecule has 4 heteroatoms. The summed E-state index contributed by atoms with van der Waals surface area (Å²) in [6, 6.07) is 2.05. The predicted octanol–water partition coefficient (Wildman–Crippen LogP) is 2.37. The van der Waals surface area contributed by atoms with Crippen LogP contribution >= 0.6 is 27.3 Å². The summed E-state index contributed by atoms with van der Waals surface area (Å²) in [5.41, 5.74) is 0. The Kier molecular flexibility index (Phi) is 4.94. The number of hydrogen-bond acceptors (Lipinski definition) is 3. The van der Waals surface area contributed by atoms with Crippen LogP contribution in [0.25, 0.3) is 0 Å². The Balaban J connectivity index is 2.17. The third-order valence-corrected chi connectivity index (χ3v) is 3.64. The summed E-state index contributed by atoms with van der Waals surface area (Å²) < 4.78 is 1.17. The van der Waals surface area contributed by atoms with Crippen molar-refractivity contribution in [2.75, 3.05) is 6.54 Å². The molecule has 0 unspecified atom stereocenters. The largest absolute Gasteiger partial charge is 0.393 e. The molecule has 0 aliphatic rings. The van der Waals surface area contributed by atoms with Gasteiger partial charge in [-0.25, -0.2) is 0 Å². The highest BCUT2D eigenvalue weighted by atomic mass is 79.9. The molecule has 0 fully saturated rings. The molecule has 74 valence electrons. The quantitative estimate of drug-likeness (QED) is 0.800. The van der Waals surface area contributed by atoms with E-state index in [2.05, 4.69) is 32.7 Å². The van der Waals surface area contributed by atoms with Crippen LogP contribution in [0.5, 0.6) is 0 Å². The Morgan fingerprint density at radius 1 is 1.69 bits per heavy atom. The molecule has 1 aromatic heterocycles. The zero-order chi connectivity index (χ0) is 9.68. The van der Waals surface area contributed by atoms with E-state index in [1.807, 2.05) is 6.92 Å². The van der Waals surface area contributed by atoms with Crippen molar-refractivity contribution in [3.8, 4) is 0 Å². The second-order valence-electron chi connectivity index (χ2n) is 3.01. The van der Waals surface area contributed by atoms with Crippen LogP contribution in [0.4, 0.5) is 0 Å². The molecule has 0 aromatic carbocycles. The molecular formula is C9H14BrNOS. The molecule has 1 heterocycles. The summed E-state index contributed by atoms with van der Waals surface area (Å²) >= 11 is 5.20. The van der Waals surface area contributed by atoms with E-state index in [-0.39, 0.29) is 6.10 Å². The minimum absolute atomic E-state index is 0.209. The predicted molar refractivity (Wildman–Crippen MR) is 60.0 cm³/mol. The van der Waals surface area contributed by atoms with E-state index in [9.17, 15) is 0 Å². The van der Waals surface area contributed by atoms with Gasteiger partial charge in [-0.15, -0.1) is 11.3 Å². The number of halogens is 1. The lowest BCUT2D eigenvalue weighted by Gasteiger charge is -2.05. The first kappa shape index (κ1) is 11.2. The lowest BCUT2D eigenvalue weighted by Crippen LogP contribution is -2.18. The highest BCUT2D eigenvalue weighted by Gasteiger charge is 2.00. The summed E-state index contributed by atoms with van der Waals surface area (Å²) in [5.74, 6) is 0. The minimum atomic E-state index is -0.209. The SMILES string of the molecule is C[C@@H](O)CCNCc1sccc1Br. The maximum Gasteiger partial charge on any atom is 0.0524 e. The Bertz CT molecular complexity index is 250. The maximum absolute atomic E-state index is 9.02. The molecule has 0 aliphatic carbocycles. The number of hydrogen-bond donors (Lipinski definition) is 2. The molecule has 2 N–H and O–H groups in total. The lowest BCUT2D eigenvalue weighted by molar-refractivity contribution is 0.183. The van der Waals surface area contributed by atoms with Gasteiger partial charge in [0, 0.05) is 15.9 Å². The van der Waals surface area contributed by atoms with Crippen LogP contribution in [0.2, 0.25) is 0 Å². The molecule has 1 aromatic rings. The van der Waals surface area contributed by atoms with Crippen molar-refractivity contribution in [1.82, 2.24) is 5.32 Å². The summed E-state index contributed by atoms with van der Waals surface area (Å²) in [4.78, 5) is 1.31. The van der Waals surface area contributed by atoms with Gasteiger partial charge in [0.1, 0.15) is 0 Å². The van der Waals surface area contributed by atoms with Crippen LogP contribution in [0, 0.1) is 0 Å². The van der Waals surface area contributed by atoms with Crippen LogP contribution in [-0.2, 0) is 6.54 Å². The number of aliphatic hydroxyl groups excluding tert-OH is 1. The number of thiophene rings is 1. The number of rotatable bonds is 5. The number of nitrogens with one attached hydrogen (secondary N) is 1. The van der Waals surface area contributed by atoms with Gasteiger partial charge in [-0.2, -0.15) is 0 Å². The van der Waals surface area contributed by atoms with E-state index in [4.69, 9.17) is 5.11 Å². The van der Waals surface area contributed by atoms with E-state index in [0.29, 0.717) is 0 Å². The van der Waals surface area contributed by atoms with E-state index in [1.165, 1.54) is 9.35 Å². The van der Waals surface area contributed by atoms with Crippen molar-refractivity contribution in [2.24, 2.45) is 0 Å². The molecule has 1 atom stereocenters. The summed E-state index contributed by atoms with van der Waals surface area (Å²) in [6.07, 6.45) is 0.600.